The van der Waals surface area contributed by atoms with Gasteiger partial charge in [0.15, 0.2) is 12.6 Å². The van der Waals surface area contributed by atoms with Gasteiger partial charge in [-0.1, -0.05) is 0 Å². The lowest BCUT2D eigenvalue weighted by atomic mass is 10.1. The van der Waals surface area contributed by atoms with E-state index in [2.05, 4.69) is 0 Å². The zero-order valence-corrected chi connectivity index (χ0v) is 10.5. The average Bonchev–Trinajstić information content (AvgIpc) is 2.39. The zero-order chi connectivity index (χ0) is 12.8. The van der Waals surface area contributed by atoms with Gasteiger partial charge in [-0.3, -0.25) is 0 Å². The van der Waals surface area contributed by atoms with Gasteiger partial charge in [-0.05, 0) is 25.7 Å². The Labute approximate surface area is 107 Å². The molecule has 0 aromatic rings. The second-order valence-electron chi connectivity index (χ2n) is 4.78. The van der Waals surface area contributed by atoms with Gasteiger partial charge in [0.2, 0.25) is 0 Å². The maximum Gasteiger partial charge on any atom is 0.157 e. The highest BCUT2D eigenvalue weighted by molar-refractivity contribution is 4.62. The first-order valence-electron chi connectivity index (χ1n) is 6.56. The van der Waals surface area contributed by atoms with Crippen molar-refractivity contribution < 1.29 is 29.2 Å². The summed E-state index contributed by atoms with van der Waals surface area (Å²) in [5, 5.41) is 18.4. The van der Waals surface area contributed by atoms with Crippen molar-refractivity contribution in [1.29, 1.82) is 0 Å². The number of unbranched alkanes of at least 4 members (excludes halogenated alkanes) is 1. The zero-order valence-electron chi connectivity index (χ0n) is 10.5. The largest absolute Gasteiger partial charge is 0.388 e. The van der Waals surface area contributed by atoms with E-state index in [1.165, 1.54) is 0 Å². The topological polar surface area (TPSA) is 77.4 Å². The molecular weight excluding hydrogens is 240 g/mol. The average molecular weight is 262 g/mol. The van der Waals surface area contributed by atoms with E-state index in [1.54, 1.807) is 0 Å². The van der Waals surface area contributed by atoms with Crippen molar-refractivity contribution in [2.45, 2.75) is 50.5 Å². The third kappa shape index (κ3) is 4.79. The van der Waals surface area contributed by atoms with Crippen molar-refractivity contribution in [2.75, 3.05) is 26.4 Å². The van der Waals surface area contributed by atoms with Gasteiger partial charge in [-0.2, -0.15) is 0 Å². The molecule has 0 radical (unpaired) electrons. The molecular formula is C12H22O6. The number of aliphatic hydroxyl groups excluding tert-OH is 2. The number of rotatable bonds is 5. The van der Waals surface area contributed by atoms with Crippen molar-refractivity contribution >= 4 is 0 Å². The predicted octanol–water partition coefficient (Wildman–Crippen LogP) is 0.0144. The Balaban J connectivity index is 1.48. The number of hydrogen-bond donors (Lipinski definition) is 2. The first kappa shape index (κ1) is 14.2. The standard InChI is InChI=1S/C12H22O6/c13-9-5-15-11(16-6-9)3-1-2-4-12-17-7-10(14)8-18-12/h9-14H,1-8H2. The van der Waals surface area contributed by atoms with Gasteiger partial charge >= 0.3 is 0 Å². The van der Waals surface area contributed by atoms with Gasteiger partial charge in [-0.15, -0.1) is 0 Å². The molecule has 0 bridgehead atoms. The smallest absolute Gasteiger partial charge is 0.157 e. The Morgan fingerprint density at radius 1 is 0.667 bits per heavy atom. The summed E-state index contributed by atoms with van der Waals surface area (Å²) in [4.78, 5) is 0. The van der Waals surface area contributed by atoms with Gasteiger partial charge in [0.1, 0.15) is 12.2 Å². The van der Waals surface area contributed by atoms with Crippen LogP contribution in [0.25, 0.3) is 0 Å². The van der Waals surface area contributed by atoms with Crippen LogP contribution in [0.2, 0.25) is 0 Å². The van der Waals surface area contributed by atoms with Crippen molar-refractivity contribution in [2.24, 2.45) is 0 Å². The molecule has 0 amide bonds. The van der Waals surface area contributed by atoms with E-state index in [1.807, 2.05) is 0 Å². The fraction of sp³-hybridized carbons (Fsp3) is 1.00. The lowest BCUT2D eigenvalue weighted by Crippen LogP contribution is -2.36. The molecule has 0 aliphatic carbocycles. The van der Waals surface area contributed by atoms with E-state index in [0.717, 1.165) is 25.7 Å². The molecule has 2 aliphatic rings. The minimum atomic E-state index is -0.489. The third-order valence-corrected chi connectivity index (χ3v) is 3.03. The Bertz CT molecular complexity index is 197. The van der Waals surface area contributed by atoms with E-state index in [0.29, 0.717) is 26.4 Å². The summed E-state index contributed by atoms with van der Waals surface area (Å²) in [6.45, 7) is 1.43. The monoisotopic (exact) mass is 262 g/mol. The Kier molecular flexibility index (Phi) is 5.81. The highest BCUT2D eigenvalue weighted by Gasteiger charge is 2.21. The maximum atomic E-state index is 9.19. The quantitative estimate of drug-likeness (QED) is 0.680. The van der Waals surface area contributed by atoms with E-state index in [4.69, 9.17) is 18.9 Å². The molecule has 2 aliphatic heterocycles. The van der Waals surface area contributed by atoms with Crippen molar-refractivity contribution in [3.63, 3.8) is 0 Å². The van der Waals surface area contributed by atoms with Crippen LogP contribution in [0.1, 0.15) is 25.7 Å². The van der Waals surface area contributed by atoms with Gasteiger partial charge in [0, 0.05) is 0 Å². The fourth-order valence-electron chi connectivity index (χ4n) is 2.02. The molecule has 2 fully saturated rings. The molecule has 0 atom stereocenters. The predicted molar refractivity (Wildman–Crippen MR) is 61.9 cm³/mol. The first-order chi connectivity index (χ1) is 8.74. The molecule has 106 valence electrons. The van der Waals surface area contributed by atoms with Crippen LogP contribution in [0.4, 0.5) is 0 Å². The van der Waals surface area contributed by atoms with Crippen LogP contribution in [0.5, 0.6) is 0 Å². The van der Waals surface area contributed by atoms with Crippen LogP contribution in [0.3, 0.4) is 0 Å². The second kappa shape index (κ2) is 7.37. The van der Waals surface area contributed by atoms with Crippen LogP contribution >= 0.6 is 0 Å². The third-order valence-electron chi connectivity index (χ3n) is 3.03. The highest BCUT2D eigenvalue weighted by Crippen LogP contribution is 2.16. The molecule has 18 heavy (non-hydrogen) atoms. The van der Waals surface area contributed by atoms with E-state index < -0.39 is 12.2 Å². The Hall–Kier alpha value is -0.240. The molecule has 0 unspecified atom stereocenters. The maximum absolute atomic E-state index is 9.19. The molecule has 0 saturated carbocycles. The summed E-state index contributed by atoms with van der Waals surface area (Å²) in [6, 6.07) is 0. The minimum Gasteiger partial charge on any atom is -0.388 e. The normalized spacial score (nSPS) is 37.7. The van der Waals surface area contributed by atoms with Gasteiger partial charge in [0.25, 0.3) is 0 Å². The SMILES string of the molecule is OC1COC(CCCCC2OCC(O)CO2)OC1. The summed E-state index contributed by atoms with van der Waals surface area (Å²) in [5.41, 5.74) is 0. The van der Waals surface area contributed by atoms with E-state index >= 15 is 0 Å². The summed E-state index contributed by atoms with van der Waals surface area (Å²) in [5.74, 6) is 0. The van der Waals surface area contributed by atoms with Gasteiger partial charge in [0.05, 0.1) is 26.4 Å². The van der Waals surface area contributed by atoms with Crippen LogP contribution < -0.4 is 0 Å². The van der Waals surface area contributed by atoms with Crippen LogP contribution in [0.15, 0.2) is 0 Å². The summed E-state index contributed by atoms with van der Waals surface area (Å²) in [6.07, 6.45) is 2.21. The van der Waals surface area contributed by atoms with E-state index in [-0.39, 0.29) is 12.6 Å². The second-order valence-corrected chi connectivity index (χ2v) is 4.78. The lowest BCUT2D eigenvalue weighted by Gasteiger charge is -2.28. The molecule has 0 aromatic carbocycles. The van der Waals surface area contributed by atoms with Gasteiger partial charge in [-0.25, -0.2) is 0 Å². The molecule has 2 N–H and O–H groups in total. The summed E-state index contributed by atoms with van der Waals surface area (Å²) < 4.78 is 21.3. The Morgan fingerprint density at radius 2 is 1.00 bits per heavy atom. The first-order valence-corrected chi connectivity index (χ1v) is 6.56. The number of ether oxygens (including phenoxy) is 4. The molecule has 0 aromatic heterocycles. The molecule has 0 spiro atoms. The van der Waals surface area contributed by atoms with Crippen LogP contribution in [0, 0.1) is 0 Å². The van der Waals surface area contributed by atoms with Crippen LogP contribution in [-0.2, 0) is 18.9 Å². The molecule has 2 heterocycles. The van der Waals surface area contributed by atoms with Crippen molar-refractivity contribution in [3.05, 3.63) is 0 Å². The molecule has 6 nitrogen and oxygen atoms in total. The lowest BCUT2D eigenvalue weighted by molar-refractivity contribution is -0.223. The Morgan fingerprint density at radius 3 is 1.33 bits per heavy atom. The summed E-state index contributed by atoms with van der Waals surface area (Å²) in [7, 11) is 0. The van der Waals surface area contributed by atoms with Crippen molar-refractivity contribution in [3.8, 4) is 0 Å². The fourth-order valence-corrected chi connectivity index (χ4v) is 2.02. The van der Waals surface area contributed by atoms with Crippen LogP contribution in [-0.4, -0.2) is 61.4 Å². The molecule has 2 rings (SSSR count). The van der Waals surface area contributed by atoms with Gasteiger partial charge < -0.3 is 29.2 Å². The minimum absolute atomic E-state index is 0.191. The molecule has 6 heteroatoms. The number of hydrogen-bond acceptors (Lipinski definition) is 6. The van der Waals surface area contributed by atoms with E-state index in [9.17, 15) is 10.2 Å². The number of aliphatic hydroxyl groups is 2. The summed E-state index contributed by atoms with van der Waals surface area (Å²) >= 11 is 0. The van der Waals surface area contributed by atoms with Crippen molar-refractivity contribution in [1.82, 2.24) is 0 Å². The molecule has 2 saturated heterocycles. The highest BCUT2D eigenvalue weighted by atomic mass is 16.7.